The third-order valence-corrected chi connectivity index (χ3v) is 0.964. The topological polar surface area (TPSA) is 46.3 Å². The van der Waals surface area contributed by atoms with E-state index in [0.29, 0.717) is 6.79 Å². The lowest BCUT2D eigenvalue weighted by atomic mass is 10.5. The molecule has 0 saturated carbocycles. The van der Waals surface area contributed by atoms with Gasteiger partial charge in [0, 0.05) is 13.1 Å². The molecule has 1 N–H and O–H groups in total. The Labute approximate surface area is 54.0 Å². The van der Waals surface area contributed by atoms with E-state index in [2.05, 4.69) is 15.1 Å². The molecule has 0 amide bonds. The first-order valence-corrected chi connectivity index (χ1v) is 3.03. The minimum absolute atomic E-state index is 0.500. The second-order valence-corrected chi connectivity index (χ2v) is 1.72. The van der Waals surface area contributed by atoms with Gasteiger partial charge in [-0.2, -0.15) is 0 Å². The van der Waals surface area contributed by atoms with Crippen LogP contribution in [-0.4, -0.2) is 33.1 Å². The fraction of sp³-hybridized carbons (Fsp3) is 1.00. The van der Waals surface area contributed by atoms with E-state index >= 15 is 0 Å². The largest absolute Gasteiger partial charge is 0.379 e. The van der Waals surface area contributed by atoms with E-state index in [-0.39, 0.29) is 0 Å². The van der Waals surface area contributed by atoms with Crippen molar-refractivity contribution < 1.29 is 14.5 Å². The molecule has 0 spiro atoms. The first kappa shape index (κ1) is 6.95. The molecule has 4 heteroatoms. The maximum atomic E-state index is 5.01. The fourth-order valence-electron chi connectivity index (χ4n) is 0.516. The summed E-state index contributed by atoms with van der Waals surface area (Å²) in [6.45, 7) is 4.33. The highest BCUT2D eigenvalue weighted by molar-refractivity contribution is 4.49. The van der Waals surface area contributed by atoms with Crippen LogP contribution in [0.2, 0.25) is 0 Å². The highest BCUT2D eigenvalue weighted by Crippen LogP contribution is 1.89. The monoisotopic (exact) mass is 133 g/mol. The summed E-state index contributed by atoms with van der Waals surface area (Å²) in [6.07, 6.45) is 0. The van der Waals surface area contributed by atoms with Crippen molar-refractivity contribution in [2.24, 2.45) is 0 Å². The van der Waals surface area contributed by atoms with Crippen molar-refractivity contribution in [3.05, 3.63) is 0 Å². The quantitative estimate of drug-likeness (QED) is 0.358. The molecule has 54 valence electrons. The summed E-state index contributed by atoms with van der Waals surface area (Å²) in [5, 5.41) is 3.16. The summed E-state index contributed by atoms with van der Waals surface area (Å²) < 4.78 is 5.01. The molecule has 4 nitrogen and oxygen atoms in total. The molecule has 2 saturated heterocycles. The summed E-state index contributed by atoms with van der Waals surface area (Å²) in [5.41, 5.74) is 0. The molecule has 0 bridgehead atoms. The Kier molecular flexibility index (Phi) is 3.63. The fourth-order valence-corrected chi connectivity index (χ4v) is 0.516. The Morgan fingerprint density at radius 1 is 1.00 bits per heavy atom. The average molecular weight is 133 g/mol. The third-order valence-electron chi connectivity index (χ3n) is 0.964. The van der Waals surface area contributed by atoms with Crippen LogP contribution < -0.4 is 5.32 Å². The Morgan fingerprint density at radius 2 is 1.56 bits per heavy atom. The third kappa shape index (κ3) is 5.72. The lowest BCUT2D eigenvalue weighted by Crippen LogP contribution is -2.30. The van der Waals surface area contributed by atoms with E-state index < -0.39 is 0 Å². The zero-order chi connectivity index (χ0) is 6.36. The minimum atomic E-state index is 0.500. The van der Waals surface area contributed by atoms with Crippen molar-refractivity contribution in [1.82, 2.24) is 5.32 Å². The van der Waals surface area contributed by atoms with E-state index in [9.17, 15) is 0 Å². The molecule has 0 aliphatic carbocycles. The van der Waals surface area contributed by atoms with Crippen LogP contribution in [0, 0.1) is 0 Å². The number of rotatable bonds is 0. The van der Waals surface area contributed by atoms with Crippen molar-refractivity contribution >= 4 is 0 Å². The molecule has 0 aromatic heterocycles. The van der Waals surface area contributed by atoms with Gasteiger partial charge in [-0.25, -0.2) is 9.78 Å². The molecule has 2 aliphatic heterocycles. The summed E-state index contributed by atoms with van der Waals surface area (Å²) in [7, 11) is 0. The van der Waals surface area contributed by atoms with Crippen molar-refractivity contribution in [2.75, 3.05) is 33.1 Å². The van der Waals surface area contributed by atoms with E-state index in [1.54, 1.807) is 0 Å². The molecule has 0 radical (unpaired) electrons. The van der Waals surface area contributed by atoms with Gasteiger partial charge >= 0.3 is 0 Å². The normalized spacial score (nSPS) is 24.0. The van der Waals surface area contributed by atoms with E-state index in [0.717, 1.165) is 26.3 Å². The number of hydrogen-bond donors (Lipinski definition) is 1. The molecule has 0 aromatic carbocycles. The Morgan fingerprint density at radius 3 is 1.67 bits per heavy atom. The van der Waals surface area contributed by atoms with Gasteiger partial charge in [0.2, 0.25) is 6.79 Å². The van der Waals surface area contributed by atoms with Gasteiger partial charge in [-0.05, 0) is 0 Å². The molecular weight excluding hydrogens is 122 g/mol. The van der Waals surface area contributed by atoms with Crippen LogP contribution in [0.3, 0.4) is 0 Å². The highest BCUT2D eigenvalue weighted by Gasteiger charge is 1.95. The number of hydrogen-bond acceptors (Lipinski definition) is 4. The molecule has 2 rings (SSSR count). The zero-order valence-electron chi connectivity index (χ0n) is 5.26. The van der Waals surface area contributed by atoms with Gasteiger partial charge in [0.1, 0.15) is 0 Å². The standard InChI is InChI=1S/C4H9NO.CH2O2/c1-3-6-4-2-5-1;1-2-3-1/h5H,1-4H2;1H2. The van der Waals surface area contributed by atoms with Crippen LogP contribution in [-0.2, 0) is 14.5 Å². The lowest BCUT2D eigenvalue weighted by molar-refractivity contribution is 0.0850. The van der Waals surface area contributed by atoms with Gasteiger partial charge in [-0.1, -0.05) is 0 Å². The Bertz CT molecular complexity index is 49.0. The average Bonchev–Trinajstić information content (AvgIpc) is 2.76. The predicted molar refractivity (Wildman–Crippen MR) is 30.7 cm³/mol. The number of ether oxygens (including phenoxy) is 1. The summed E-state index contributed by atoms with van der Waals surface area (Å²) >= 11 is 0. The molecular formula is C5H11NO3. The molecule has 0 unspecified atom stereocenters. The highest BCUT2D eigenvalue weighted by atomic mass is 17.4. The number of morpholine rings is 1. The van der Waals surface area contributed by atoms with Crippen LogP contribution >= 0.6 is 0 Å². The van der Waals surface area contributed by atoms with Crippen LogP contribution in [0.5, 0.6) is 0 Å². The Hall–Kier alpha value is -0.160. The molecule has 2 aliphatic rings. The summed E-state index contributed by atoms with van der Waals surface area (Å²) in [5.74, 6) is 0. The SMILES string of the molecule is C1COCCN1.C1OO1. The van der Waals surface area contributed by atoms with Gasteiger partial charge in [0.05, 0.1) is 13.2 Å². The predicted octanol–water partition coefficient (Wildman–Crippen LogP) is -0.488. The summed E-state index contributed by atoms with van der Waals surface area (Å²) in [4.78, 5) is 8.00. The van der Waals surface area contributed by atoms with E-state index in [4.69, 9.17) is 4.74 Å². The maximum Gasteiger partial charge on any atom is 0.214 e. The van der Waals surface area contributed by atoms with Crippen molar-refractivity contribution in [2.45, 2.75) is 0 Å². The summed E-state index contributed by atoms with van der Waals surface area (Å²) in [6, 6.07) is 0. The Balaban J connectivity index is 0.000000112. The minimum Gasteiger partial charge on any atom is -0.379 e. The van der Waals surface area contributed by atoms with Gasteiger partial charge in [0.25, 0.3) is 0 Å². The first-order valence-electron chi connectivity index (χ1n) is 3.03. The lowest BCUT2D eigenvalue weighted by Gasteiger charge is -2.10. The van der Waals surface area contributed by atoms with Crippen molar-refractivity contribution in [3.63, 3.8) is 0 Å². The molecule has 2 heterocycles. The molecule has 9 heavy (non-hydrogen) atoms. The molecule has 0 atom stereocenters. The first-order chi connectivity index (χ1) is 4.50. The van der Waals surface area contributed by atoms with Crippen LogP contribution in [0.4, 0.5) is 0 Å². The van der Waals surface area contributed by atoms with Gasteiger partial charge in [-0.15, -0.1) is 0 Å². The zero-order valence-corrected chi connectivity index (χ0v) is 5.26. The van der Waals surface area contributed by atoms with Crippen LogP contribution in [0.1, 0.15) is 0 Å². The van der Waals surface area contributed by atoms with Gasteiger partial charge in [-0.3, -0.25) is 0 Å². The van der Waals surface area contributed by atoms with Crippen molar-refractivity contribution in [1.29, 1.82) is 0 Å². The molecule has 2 fully saturated rings. The second-order valence-electron chi connectivity index (χ2n) is 1.72. The van der Waals surface area contributed by atoms with E-state index in [1.165, 1.54) is 0 Å². The van der Waals surface area contributed by atoms with Gasteiger partial charge < -0.3 is 10.1 Å². The van der Waals surface area contributed by atoms with Crippen LogP contribution in [0.15, 0.2) is 0 Å². The van der Waals surface area contributed by atoms with Crippen LogP contribution in [0.25, 0.3) is 0 Å². The maximum absolute atomic E-state index is 5.01. The second kappa shape index (κ2) is 4.69. The van der Waals surface area contributed by atoms with E-state index in [1.807, 2.05) is 0 Å². The molecule has 0 aromatic rings. The van der Waals surface area contributed by atoms with Gasteiger partial charge in [0.15, 0.2) is 0 Å². The number of nitrogens with one attached hydrogen (secondary N) is 1. The van der Waals surface area contributed by atoms with Crippen molar-refractivity contribution in [3.8, 4) is 0 Å². The smallest absolute Gasteiger partial charge is 0.214 e.